The number of aromatic nitrogens is 2. The molecule has 0 spiro atoms. The summed E-state index contributed by atoms with van der Waals surface area (Å²) < 4.78 is 0. The van der Waals surface area contributed by atoms with Gasteiger partial charge in [0, 0.05) is 18.0 Å². The van der Waals surface area contributed by atoms with E-state index in [0.717, 1.165) is 31.0 Å². The second-order valence-electron chi connectivity index (χ2n) is 4.57. The van der Waals surface area contributed by atoms with Crippen LogP contribution in [0.25, 0.3) is 0 Å². The highest BCUT2D eigenvalue weighted by molar-refractivity contribution is 5.33. The number of piperidine rings is 1. The second kappa shape index (κ2) is 3.77. The maximum atomic E-state index is 5.75. The number of nitrogens with one attached hydrogen (secondary N) is 1. The Morgan fingerprint density at radius 1 is 1.47 bits per heavy atom. The summed E-state index contributed by atoms with van der Waals surface area (Å²) in [5.41, 5.74) is 6.93. The number of rotatable bonds is 1. The number of hydrogen-bond acceptors (Lipinski definition) is 4. The Morgan fingerprint density at radius 3 is 2.87 bits per heavy atom. The maximum absolute atomic E-state index is 5.75. The molecule has 2 rings (SSSR count). The molecule has 3 N–H and O–H groups in total. The smallest absolute Gasteiger partial charge is 0.127 e. The first-order valence-corrected chi connectivity index (χ1v) is 5.42. The highest BCUT2D eigenvalue weighted by Crippen LogP contribution is 2.29. The molecule has 1 aromatic heterocycles. The molecule has 1 aliphatic rings. The molecule has 0 bridgehead atoms. The lowest BCUT2D eigenvalue weighted by molar-refractivity contribution is 0.331. The van der Waals surface area contributed by atoms with Crippen LogP contribution in [0.1, 0.15) is 31.3 Å². The first-order valence-electron chi connectivity index (χ1n) is 5.42. The molecule has 1 fully saturated rings. The van der Waals surface area contributed by atoms with Gasteiger partial charge in [0.25, 0.3) is 0 Å². The van der Waals surface area contributed by atoms with Crippen molar-refractivity contribution in [3.8, 4) is 0 Å². The summed E-state index contributed by atoms with van der Waals surface area (Å²) in [5.74, 6) is 1.33. The van der Waals surface area contributed by atoms with Crippen LogP contribution < -0.4 is 11.1 Å². The van der Waals surface area contributed by atoms with E-state index in [1.165, 1.54) is 6.42 Å². The van der Waals surface area contributed by atoms with Crippen LogP contribution in [0.3, 0.4) is 0 Å². The Balaban J connectivity index is 2.34. The van der Waals surface area contributed by atoms with Gasteiger partial charge in [0.2, 0.25) is 0 Å². The van der Waals surface area contributed by atoms with Crippen LogP contribution in [0.5, 0.6) is 0 Å². The number of nitrogen functional groups attached to an aromatic ring is 1. The molecular formula is C11H18N4. The van der Waals surface area contributed by atoms with E-state index in [0.29, 0.717) is 5.82 Å². The Labute approximate surface area is 90.3 Å². The molecule has 4 heteroatoms. The fourth-order valence-corrected chi connectivity index (χ4v) is 2.17. The summed E-state index contributed by atoms with van der Waals surface area (Å²) in [6.07, 6.45) is 2.36. The van der Waals surface area contributed by atoms with Gasteiger partial charge < -0.3 is 11.1 Å². The number of hydrogen-bond donors (Lipinski definition) is 2. The molecule has 0 saturated carbocycles. The van der Waals surface area contributed by atoms with E-state index in [4.69, 9.17) is 5.73 Å². The molecule has 0 amide bonds. The van der Waals surface area contributed by atoms with Crippen molar-refractivity contribution in [3.63, 3.8) is 0 Å². The van der Waals surface area contributed by atoms with Gasteiger partial charge in [-0.15, -0.1) is 0 Å². The maximum Gasteiger partial charge on any atom is 0.127 e. The average Bonchev–Trinajstić information content (AvgIpc) is 2.17. The van der Waals surface area contributed by atoms with Crippen molar-refractivity contribution in [1.29, 1.82) is 0 Å². The van der Waals surface area contributed by atoms with Gasteiger partial charge in [0.05, 0.1) is 5.69 Å². The summed E-state index contributed by atoms with van der Waals surface area (Å²) in [7, 11) is 0. The summed E-state index contributed by atoms with van der Waals surface area (Å²) in [6, 6.07) is 1.90. The van der Waals surface area contributed by atoms with Gasteiger partial charge in [-0.3, -0.25) is 0 Å². The minimum atomic E-state index is 0.111. The van der Waals surface area contributed by atoms with Gasteiger partial charge in [-0.25, -0.2) is 9.97 Å². The molecule has 0 radical (unpaired) electrons. The molecule has 0 aromatic carbocycles. The third-order valence-electron chi connectivity index (χ3n) is 3.07. The van der Waals surface area contributed by atoms with Crippen LogP contribution in [0, 0.1) is 6.92 Å². The third kappa shape index (κ3) is 2.09. The van der Waals surface area contributed by atoms with E-state index >= 15 is 0 Å². The standard InChI is InChI=1S/C11H18N4/c1-8-14-9(6-10(12)15-8)11(2)4-3-5-13-7-11/h6,13H,3-5,7H2,1-2H3,(H2,12,14,15). The van der Waals surface area contributed by atoms with Crippen LogP contribution >= 0.6 is 0 Å². The Morgan fingerprint density at radius 2 is 2.27 bits per heavy atom. The zero-order chi connectivity index (χ0) is 10.9. The SMILES string of the molecule is Cc1nc(N)cc(C2(C)CCCNC2)n1. The van der Waals surface area contributed by atoms with Gasteiger partial charge in [0.1, 0.15) is 11.6 Å². The minimum Gasteiger partial charge on any atom is -0.384 e. The first-order chi connectivity index (χ1) is 7.10. The fourth-order valence-electron chi connectivity index (χ4n) is 2.17. The zero-order valence-corrected chi connectivity index (χ0v) is 9.38. The van der Waals surface area contributed by atoms with Gasteiger partial charge in [-0.1, -0.05) is 6.92 Å². The molecule has 0 aliphatic carbocycles. The van der Waals surface area contributed by atoms with E-state index in [-0.39, 0.29) is 5.41 Å². The zero-order valence-electron chi connectivity index (χ0n) is 9.38. The Kier molecular flexibility index (Phi) is 2.61. The Hall–Kier alpha value is -1.16. The monoisotopic (exact) mass is 206 g/mol. The van der Waals surface area contributed by atoms with Crippen LogP contribution in [0.4, 0.5) is 5.82 Å². The van der Waals surface area contributed by atoms with Crippen molar-refractivity contribution in [2.45, 2.75) is 32.1 Å². The highest BCUT2D eigenvalue weighted by Gasteiger charge is 2.30. The lowest BCUT2D eigenvalue weighted by Crippen LogP contribution is -2.41. The van der Waals surface area contributed by atoms with Crippen LogP contribution in [-0.4, -0.2) is 23.1 Å². The summed E-state index contributed by atoms with van der Waals surface area (Å²) in [6.45, 7) is 6.21. The fraction of sp³-hybridized carbons (Fsp3) is 0.636. The van der Waals surface area contributed by atoms with Crippen molar-refractivity contribution in [1.82, 2.24) is 15.3 Å². The number of aryl methyl sites for hydroxylation is 1. The van der Waals surface area contributed by atoms with Crippen molar-refractivity contribution < 1.29 is 0 Å². The number of nitrogens with zero attached hydrogens (tertiary/aromatic N) is 2. The van der Waals surface area contributed by atoms with Gasteiger partial charge >= 0.3 is 0 Å². The van der Waals surface area contributed by atoms with Gasteiger partial charge in [-0.05, 0) is 26.3 Å². The molecule has 2 heterocycles. The lowest BCUT2D eigenvalue weighted by Gasteiger charge is -2.33. The van der Waals surface area contributed by atoms with E-state index in [2.05, 4.69) is 22.2 Å². The predicted molar refractivity (Wildman–Crippen MR) is 60.6 cm³/mol. The molecule has 4 nitrogen and oxygen atoms in total. The van der Waals surface area contributed by atoms with Crippen molar-refractivity contribution >= 4 is 5.82 Å². The highest BCUT2D eigenvalue weighted by atomic mass is 15.0. The van der Waals surface area contributed by atoms with Crippen LogP contribution in [0.2, 0.25) is 0 Å². The van der Waals surface area contributed by atoms with Crippen molar-refractivity contribution in [2.75, 3.05) is 18.8 Å². The largest absolute Gasteiger partial charge is 0.384 e. The topological polar surface area (TPSA) is 63.8 Å². The molecule has 15 heavy (non-hydrogen) atoms. The number of nitrogens with two attached hydrogens (primary N) is 1. The van der Waals surface area contributed by atoms with E-state index < -0.39 is 0 Å². The van der Waals surface area contributed by atoms with E-state index in [9.17, 15) is 0 Å². The average molecular weight is 206 g/mol. The molecule has 1 unspecified atom stereocenters. The second-order valence-corrected chi connectivity index (χ2v) is 4.57. The van der Waals surface area contributed by atoms with E-state index in [1.807, 2.05) is 13.0 Å². The summed E-state index contributed by atoms with van der Waals surface area (Å²) in [5, 5.41) is 3.41. The normalized spacial score (nSPS) is 26.5. The summed E-state index contributed by atoms with van der Waals surface area (Å²) in [4.78, 5) is 8.60. The molecule has 1 atom stereocenters. The third-order valence-corrected chi connectivity index (χ3v) is 3.07. The molecule has 1 aliphatic heterocycles. The summed E-state index contributed by atoms with van der Waals surface area (Å²) >= 11 is 0. The van der Waals surface area contributed by atoms with E-state index in [1.54, 1.807) is 0 Å². The van der Waals surface area contributed by atoms with Crippen molar-refractivity contribution in [3.05, 3.63) is 17.6 Å². The van der Waals surface area contributed by atoms with Gasteiger partial charge in [-0.2, -0.15) is 0 Å². The Bertz CT molecular complexity index is 335. The quantitative estimate of drug-likeness (QED) is 0.719. The van der Waals surface area contributed by atoms with Crippen molar-refractivity contribution in [2.24, 2.45) is 0 Å². The van der Waals surface area contributed by atoms with Gasteiger partial charge in [0.15, 0.2) is 0 Å². The molecule has 1 aromatic rings. The predicted octanol–water partition coefficient (Wildman–Crippen LogP) is 1.01. The van der Waals surface area contributed by atoms with Crippen LogP contribution in [0.15, 0.2) is 6.07 Å². The lowest BCUT2D eigenvalue weighted by atomic mass is 9.79. The molecule has 82 valence electrons. The molecular weight excluding hydrogens is 188 g/mol. The molecule has 1 saturated heterocycles. The van der Waals surface area contributed by atoms with Crippen LogP contribution in [-0.2, 0) is 5.41 Å². The first kappa shape index (κ1) is 10.4. The minimum absolute atomic E-state index is 0.111. The number of anilines is 1.